The van der Waals surface area contributed by atoms with E-state index in [1.54, 1.807) is 6.20 Å². The normalized spacial score (nSPS) is 21.8. The third kappa shape index (κ3) is 3.01. The number of fused-ring (bicyclic) bond motifs is 1. The van der Waals surface area contributed by atoms with E-state index < -0.39 is 0 Å². The zero-order valence-electron chi connectivity index (χ0n) is 12.0. The molecule has 112 valence electrons. The van der Waals surface area contributed by atoms with E-state index in [1.807, 2.05) is 23.9 Å². The van der Waals surface area contributed by atoms with E-state index in [1.165, 1.54) is 17.8 Å². The first-order valence-electron chi connectivity index (χ1n) is 7.24. The van der Waals surface area contributed by atoms with Crippen LogP contribution in [0.5, 0.6) is 0 Å². The highest BCUT2D eigenvalue weighted by Gasteiger charge is 2.27. The zero-order valence-corrected chi connectivity index (χ0v) is 13.6. The van der Waals surface area contributed by atoms with Crippen molar-refractivity contribution in [3.63, 3.8) is 0 Å². The molecule has 1 amide bonds. The van der Waals surface area contributed by atoms with Gasteiger partial charge in [-0.15, -0.1) is 11.3 Å². The minimum Gasteiger partial charge on any atom is -0.396 e. The maximum absolute atomic E-state index is 12.4. The highest BCUT2D eigenvalue weighted by Crippen LogP contribution is 2.33. The van der Waals surface area contributed by atoms with Crippen molar-refractivity contribution in [2.75, 3.05) is 11.5 Å². The number of nitrogens with one attached hydrogen (secondary N) is 1. The number of amides is 1. The molecule has 3 N–H and O–H groups in total. The lowest BCUT2D eigenvalue weighted by Crippen LogP contribution is -2.33. The van der Waals surface area contributed by atoms with Crippen molar-refractivity contribution in [1.82, 2.24) is 10.3 Å². The quantitative estimate of drug-likeness (QED) is 0.907. The minimum absolute atomic E-state index is 0.0531. The van der Waals surface area contributed by atoms with Gasteiger partial charge in [0.1, 0.15) is 10.4 Å². The van der Waals surface area contributed by atoms with Crippen LogP contribution in [0.15, 0.2) is 18.3 Å². The second-order valence-electron chi connectivity index (χ2n) is 5.26. The fourth-order valence-electron chi connectivity index (χ4n) is 2.83. The van der Waals surface area contributed by atoms with E-state index in [0.29, 0.717) is 15.8 Å². The van der Waals surface area contributed by atoms with E-state index in [0.717, 1.165) is 28.8 Å². The molecule has 4 nitrogen and oxygen atoms in total. The maximum Gasteiger partial charge on any atom is 0.263 e. The van der Waals surface area contributed by atoms with E-state index >= 15 is 0 Å². The number of carbonyl (C=O) groups excluding carboxylic acids is 1. The largest absolute Gasteiger partial charge is 0.396 e. The number of rotatable bonds is 4. The minimum atomic E-state index is -0.0531. The molecule has 6 heteroatoms. The second-order valence-corrected chi connectivity index (χ2v) is 7.89. The van der Waals surface area contributed by atoms with Crippen molar-refractivity contribution in [1.29, 1.82) is 0 Å². The van der Waals surface area contributed by atoms with Crippen LogP contribution in [0.25, 0.3) is 10.2 Å². The van der Waals surface area contributed by atoms with Crippen LogP contribution in [-0.4, -0.2) is 27.9 Å². The van der Waals surface area contributed by atoms with Gasteiger partial charge in [0.25, 0.3) is 5.91 Å². The molecule has 2 atom stereocenters. The molecular weight excluding hydrogens is 302 g/mol. The number of thioether (sulfide) groups is 1. The smallest absolute Gasteiger partial charge is 0.263 e. The van der Waals surface area contributed by atoms with Gasteiger partial charge in [-0.1, -0.05) is 6.92 Å². The van der Waals surface area contributed by atoms with Crippen molar-refractivity contribution in [2.24, 2.45) is 0 Å². The third-order valence-corrected chi connectivity index (χ3v) is 6.20. The first kappa shape index (κ1) is 14.7. The molecule has 0 radical (unpaired) electrons. The maximum atomic E-state index is 12.4. The summed E-state index contributed by atoms with van der Waals surface area (Å²) in [6, 6.07) is 4.09. The highest BCUT2D eigenvalue weighted by atomic mass is 32.2. The number of nitrogens with two attached hydrogens (primary N) is 1. The molecule has 0 aliphatic heterocycles. The van der Waals surface area contributed by atoms with Gasteiger partial charge in [-0.2, -0.15) is 11.8 Å². The summed E-state index contributed by atoms with van der Waals surface area (Å²) >= 11 is 3.41. The molecule has 1 aliphatic carbocycles. The number of hydrogen-bond donors (Lipinski definition) is 2. The molecule has 0 saturated heterocycles. The van der Waals surface area contributed by atoms with Gasteiger partial charge < -0.3 is 11.1 Å². The van der Waals surface area contributed by atoms with Crippen LogP contribution in [0.2, 0.25) is 0 Å². The summed E-state index contributed by atoms with van der Waals surface area (Å²) in [5.74, 6) is 1.09. The molecule has 2 aromatic rings. The summed E-state index contributed by atoms with van der Waals surface area (Å²) in [7, 11) is 0. The number of carbonyl (C=O) groups is 1. The fourth-order valence-corrected chi connectivity index (χ4v) is 4.95. The van der Waals surface area contributed by atoms with Crippen molar-refractivity contribution < 1.29 is 4.79 Å². The Morgan fingerprint density at radius 3 is 3.19 bits per heavy atom. The average molecular weight is 321 g/mol. The van der Waals surface area contributed by atoms with Gasteiger partial charge in [-0.3, -0.25) is 9.78 Å². The monoisotopic (exact) mass is 321 g/mol. The molecule has 1 aliphatic rings. The topological polar surface area (TPSA) is 68.0 Å². The Morgan fingerprint density at radius 2 is 2.43 bits per heavy atom. The fraction of sp³-hybridized carbons (Fsp3) is 0.467. The third-order valence-electron chi connectivity index (χ3n) is 3.81. The van der Waals surface area contributed by atoms with E-state index in [2.05, 4.69) is 17.2 Å². The number of aromatic nitrogens is 1. The summed E-state index contributed by atoms with van der Waals surface area (Å²) in [6.07, 6.45) is 5.02. The number of nitrogen functional groups attached to an aromatic ring is 1. The summed E-state index contributed by atoms with van der Waals surface area (Å²) in [5, 5.41) is 3.82. The molecular formula is C15H19N3OS2. The van der Waals surface area contributed by atoms with Crippen LogP contribution in [0.4, 0.5) is 5.69 Å². The second kappa shape index (κ2) is 6.23. The number of hydrogen-bond acceptors (Lipinski definition) is 5. The lowest BCUT2D eigenvalue weighted by molar-refractivity contribution is 0.0943. The molecule has 1 saturated carbocycles. The molecule has 2 unspecified atom stereocenters. The van der Waals surface area contributed by atoms with Crippen LogP contribution in [0.1, 0.15) is 35.9 Å². The summed E-state index contributed by atoms with van der Waals surface area (Å²) in [6.45, 7) is 2.18. The van der Waals surface area contributed by atoms with Crippen molar-refractivity contribution in [3.8, 4) is 0 Å². The summed E-state index contributed by atoms with van der Waals surface area (Å²) < 4.78 is 0.964. The van der Waals surface area contributed by atoms with Gasteiger partial charge in [0.05, 0.1) is 10.4 Å². The number of nitrogens with zero attached hydrogens (tertiary/aromatic N) is 1. The first-order chi connectivity index (χ1) is 10.2. The van der Waals surface area contributed by atoms with E-state index in [9.17, 15) is 4.79 Å². The SMILES string of the molecule is CCSC1CCC(NC(=O)c2sc3cccnc3c2N)C1. The Kier molecular flexibility index (Phi) is 4.35. The Morgan fingerprint density at radius 1 is 1.57 bits per heavy atom. The molecule has 21 heavy (non-hydrogen) atoms. The Labute approximate surface area is 132 Å². The number of pyridine rings is 1. The molecule has 1 fully saturated rings. The van der Waals surface area contributed by atoms with E-state index in [4.69, 9.17) is 5.73 Å². The van der Waals surface area contributed by atoms with Gasteiger partial charge >= 0.3 is 0 Å². The molecule has 2 heterocycles. The van der Waals surface area contributed by atoms with Gasteiger partial charge in [0.2, 0.25) is 0 Å². The lowest BCUT2D eigenvalue weighted by atomic mass is 10.2. The van der Waals surface area contributed by atoms with Crippen molar-refractivity contribution in [2.45, 2.75) is 37.5 Å². The van der Waals surface area contributed by atoms with Gasteiger partial charge in [0.15, 0.2) is 0 Å². The van der Waals surface area contributed by atoms with Gasteiger partial charge in [0, 0.05) is 17.5 Å². The molecule has 0 spiro atoms. The molecule has 0 aromatic carbocycles. The number of anilines is 1. The average Bonchev–Trinajstić information content (AvgIpc) is 3.05. The molecule has 2 aromatic heterocycles. The van der Waals surface area contributed by atoms with Crippen LogP contribution in [0.3, 0.4) is 0 Å². The van der Waals surface area contributed by atoms with Crippen molar-refractivity contribution >= 4 is 44.9 Å². The predicted octanol–water partition coefficient (Wildman–Crippen LogP) is 3.28. The van der Waals surface area contributed by atoms with Crippen molar-refractivity contribution in [3.05, 3.63) is 23.2 Å². The summed E-state index contributed by atoms with van der Waals surface area (Å²) in [5.41, 5.74) is 7.31. The lowest BCUT2D eigenvalue weighted by Gasteiger charge is -2.12. The predicted molar refractivity (Wildman–Crippen MR) is 91.1 cm³/mol. The zero-order chi connectivity index (χ0) is 14.8. The van der Waals surface area contributed by atoms with Gasteiger partial charge in [-0.05, 0) is 37.1 Å². The Bertz CT molecular complexity index is 655. The van der Waals surface area contributed by atoms with Crippen LogP contribution in [-0.2, 0) is 0 Å². The van der Waals surface area contributed by atoms with Crippen LogP contribution >= 0.6 is 23.1 Å². The van der Waals surface area contributed by atoms with E-state index in [-0.39, 0.29) is 11.9 Å². The molecule has 0 bridgehead atoms. The number of thiophene rings is 1. The Balaban J connectivity index is 1.71. The molecule has 3 rings (SSSR count). The highest BCUT2D eigenvalue weighted by molar-refractivity contribution is 7.99. The van der Waals surface area contributed by atoms with Crippen LogP contribution in [0, 0.1) is 0 Å². The Hall–Kier alpha value is -1.27. The first-order valence-corrected chi connectivity index (χ1v) is 9.11. The van der Waals surface area contributed by atoms with Gasteiger partial charge in [-0.25, -0.2) is 0 Å². The van der Waals surface area contributed by atoms with Crippen LogP contribution < -0.4 is 11.1 Å². The summed E-state index contributed by atoms with van der Waals surface area (Å²) in [4.78, 5) is 17.3. The standard InChI is InChI=1S/C15H19N3OS2/c1-2-20-10-6-5-9(8-10)18-15(19)14-12(16)13-11(21-14)4-3-7-17-13/h3-4,7,9-10H,2,5-6,8,16H2,1H3,(H,18,19).